The molecule has 0 spiro atoms. The summed E-state index contributed by atoms with van der Waals surface area (Å²) in [5.74, 6) is 0. The Hall–Kier alpha value is -1.87. The molecular formula is C19H19BrN2. The van der Waals surface area contributed by atoms with Crippen molar-refractivity contribution >= 4 is 27.2 Å². The summed E-state index contributed by atoms with van der Waals surface area (Å²) < 4.78 is 1.08. The number of aryl methyl sites for hydroxylation is 1. The number of benzene rings is 1. The first-order valence-electron chi connectivity index (χ1n) is 7.65. The smallest absolute Gasteiger partial charge is 0.0732 e. The Morgan fingerprint density at radius 3 is 2.59 bits per heavy atom. The lowest BCUT2D eigenvalue weighted by molar-refractivity contribution is 1.06. The first-order valence-corrected chi connectivity index (χ1v) is 8.44. The molecule has 1 aromatic heterocycles. The largest absolute Gasteiger partial charge is 0.358 e. The minimum absolute atomic E-state index is 0.955. The molecule has 1 aliphatic heterocycles. The van der Waals surface area contributed by atoms with E-state index in [-0.39, 0.29) is 0 Å². The van der Waals surface area contributed by atoms with Crippen LogP contribution in [0.5, 0.6) is 0 Å². The highest BCUT2D eigenvalue weighted by Gasteiger charge is 2.15. The van der Waals surface area contributed by atoms with E-state index in [1.807, 2.05) is 6.07 Å². The van der Waals surface area contributed by atoms with Gasteiger partial charge in [0.2, 0.25) is 0 Å². The van der Waals surface area contributed by atoms with Gasteiger partial charge in [-0.1, -0.05) is 41.9 Å². The molecule has 0 saturated heterocycles. The highest BCUT2D eigenvalue weighted by Crippen LogP contribution is 2.31. The summed E-state index contributed by atoms with van der Waals surface area (Å²) in [5, 5.41) is 0. The molecule has 0 fully saturated rings. The van der Waals surface area contributed by atoms with Crippen molar-refractivity contribution in [3.63, 3.8) is 0 Å². The Morgan fingerprint density at radius 1 is 1.09 bits per heavy atom. The van der Waals surface area contributed by atoms with Gasteiger partial charge in [0.25, 0.3) is 0 Å². The Labute approximate surface area is 139 Å². The van der Waals surface area contributed by atoms with Gasteiger partial charge in [-0.2, -0.15) is 0 Å². The number of hydrogen-bond acceptors (Lipinski definition) is 1. The zero-order valence-electron chi connectivity index (χ0n) is 12.9. The second-order valence-electron chi connectivity index (χ2n) is 5.31. The van der Waals surface area contributed by atoms with Crippen LogP contribution in [0.3, 0.4) is 0 Å². The normalized spacial score (nSPS) is 16.0. The molecule has 0 radical (unpaired) electrons. The monoisotopic (exact) mass is 354 g/mol. The molecule has 0 atom stereocenters. The number of nitrogens with one attached hydrogen (secondary N) is 1. The van der Waals surface area contributed by atoms with Gasteiger partial charge in [-0.05, 0) is 54.8 Å². The van der Waals surface area contributed by atoms with Crippen molar-refractivity contribution in [3.8, 4) is 0 Å². The summed E-state index contributed by atoms with van der Waals surface area (Å²) in [7, 11) is 0. The van der Waals surface area contributed by atoms with Crippen molar-refractivity contribution in [1.82, 2.24) is 4.98 Å². The standard InChI is InChI=1S/C19H19BrN2/c1-3-15-8-10-17(21-15)19(13-6-5-7-14(20)12-13)18-11-9-16(4-2)22-18/h5-12,21H,3-4H2,1-2H3/b19-18-. The molecule has 0 aliphatic carbocycles. The van der Waals surface area contributed by atoms with Crippen LogP contribution in [-0.2, 0) is 6.42 Å². The quantitative estimate of drug-likeness (QED) is 0.748. The predicted molar refractivity (Wildman–Crippen MR) is 97.2 cm³/mol. The second kappa shape index (κ2) is 6.49. The third-order valence-electron chi connectivity index (χ3n) is 3.83. The Bertz CT molecular complexity index is 778. The fourth-order valence-electron chi connectivity index (χ4n) is 2.62. The lowest BCUT2D eigenvalue weighted by Crippen LogP contribution is -1.93. The number of aromatic amines is 1. The van der Waals surface area contributed by atoms with Gasteiger partial charge in [0.15, 0.2) is 0 Å². The van der Waals surface area contributed by atoms with Crippen LogP contribution in [0.2, 0.25) is 0 Å². The zero-order chi connectivity index (χ0) is 15.5. The van der Waals surface area contributed by atoms with Gasteiger partial charge in [0.1, 0.15) is 0 Å². The number of nitrogens with zero attached hydrogens (tertiary/aromatic N) is 1. The lowest BCUT2D eigenvalue weighted by Gasteiger charge is -2.09. The Balaban J connectivity index is 2.17. The summed E-state index contributed by atoms with van der Waals surface area (Å²) >= 11 is 3.57. The molecule has 2 heterocycles. The van der Waals surface area contributed by atoms with Gasteiger partial charge in [0, 0.05) is 27.1 Å². The molecule has 0 bridgehead atoms. The number of rotatable bonds is 4. The van der Waals surface area contributed by atoms with Gasteiger partial charge >= 0.3 is 0 Å². The molecule has 1 aromatic carbocycles. The first-order chi connectivity index (χ1) is 10.7. The molecule has 1 aliphatic rings. The van der Waals surface area contributed by atoms with E-state index in [1.54, 1.807) is 0 Å². The van der Waals surface area contributed by atoms with Crippen LogP contribution in [0.15, 0.2) is 63.7 Å². The minimum Gasteiger partial charge on any atom is -0.358 e. The van der Waals surface area contributed by atoms with Crippen LogP contribution < -0.4 is 0 Å². The maximum atomic E-state index is 4.77. The van der Waals surface area contributed by atoms with E-state index >= 15 is 0 Å². The fourth-order valence-corrected chi connectivity index (χ4v) is 3.02. The number of aliphatic imine (C=N–C) groups is 1. The van der Waals surface area contributed by atoms with Crippen molar-refractivity contribution in [1.29, 1.82) is 0 Å². The maximum absolute atomic E-state index is 4.77. The molecule has 3 rings (SSSR count). The summed E-state index contributed by atoms with van der Waals surface area (Å²) in [6.07, 6.45) is 6.18. The fraction of sp³-hybridized carbons (Fsp3) is 0.211. The molecule has 0 unspecified atom stereocenters. The number of aromatic nitrogens is 1. The molecule has 0 amide bonds. The Morgan fingerprint density at radius 2 is 1.95 bits per heavy atom. The van der Waals surface area contributed by atoms with Crippen LogP contribution in [0.4, 0.5) is 0 Å². The lowest BCUT2D eigenvalue weighted by atomic mass is 10.0. The number of allylic oxidation sites excluding steroid dienone is 2. The van der Waals surface area contributed by atoms with Crippen molar-refractivity contribution in [2.24, 2.45) is 4.99 Å². The first kappa shape index (κ1) is 15.0. The molecule has 3 heteroatoms. The minimum atomic E-state index is 0.955. The van der Waals surface area contributed by atoms with Crippen LogP contribution >= 0.6 is 15.9 Å². The van der Waals surface area contributed by atoms with Crippen molar-refractivity contribution in [2.75, 3.05) is 0 Å². The average Bonchev–Trinajstić information content (AvgIpc) is 3.17. The van der Waals surface area contributed by atoms with Crippen LogP contribution in [0.25, 0.3) is 5.57 Å². The predicted octanol–water partition coefficient (Wildman–Crippen LogP) is 5.52. The van der Waals surface area contributed by atoms with Gasteiger partial charge in [0.05, 0.1) is 5.70 Å². The number of hydrogen-bond donors (Lipinski definition) is 1. The van der Waals surface area contributed by atoms with E-state index in [0.29, 0.717) is 0 Å². The van der Waals surface area contributed by atoms with Gasteiger partial charge in [-0.25, -0.2) is 0 Å². The maximum Gasteiger partial charge on any atom is 0.0732 e. The zero-order valence-corrected chi connectivity index (χ0v) is 14.4. The van der Waals surface area contributed by atoms with Crippen LogP contribution in [-0.4, -0.2) is 10.7 Å². The molecule has 1 N–H and O–H groups in total. The van der Waals surface area contributed by atoms with Gasteiger partial charge in [-0.15, -0.1) is 0 Å². The summed E-state index contributed by atoms with van der Waals surface area (Å²) in [5.41, 5.74) is 6.84. The van der Waals surface area contributed by atoms with E-state index in [9.17, 15) is 0 Å². The van der Waals surface area contributed by atoms with Crippen LogP contribution in [0.1, 0.15) is 37.2 Å². The summed E-state index contributed by atoms with van der Waals surface area (Å²) in [6, 6.07) is 12.7. The topological polar surface area (TPSA) is 28.1 Å². The third-order valence-corrected chi connectivity index (χ3v) is 4.32. The molecule has 112 valence electrons. The highest BCUT2D eigenvalue weighted by atomic mass is 79.9. The highest BCUT2D eigenvalue weighted by molar-refractivity contribution is 9.10. The van der Waals surface area contributed by atoms with E-state index < -0.39 is 0 Å². The summed E-state index contributed by atoms with van der Waals surface area (Å²) in [6.45, 7) is 4.29. The average molecular weight is 355 g/mol. The second-order valence-corrected chi connectivity index (χ2v) is 6.23. The Kier molecular flexibility index (Phi) is 4.44. The molecule has 2 aromatic rings. The van der Waals surface area contributed by atoms with Crippen molar-refractivity contribution in [2.45, 2.75) is 26.7 Å². The number of H-pyrrole nitrogens is 1. The SMILES string of the molecule is CCC1=N/C(=C(/c2cccc(Br)c2)c2ccc(CC)[nH]2)C=C1. The summed E-state index contributed by atoms with van der Waals surface area (Å²) in [4.78, 5) is 8.29. The van der Waals surface area contributed by atoms with Crippen LogP contribution in [0, 0.1) is 0 Å². The number of halogens is 1. The molecule has 0 saturated carbocycles. The van der Waals surface area contributed by atoms with Gasteiger partial charge in [-0.3, -0.25) is 4.99 Å². The van der Waals surface area contributed by atoms with E-state index in [1.165, 1.54) is 11.3 Å². The molecular weight excluding hydrogens is 336 g/mol. The molecule has 2 nitrogen and oxygen atoms in total. The van der Waals surface area contributed by atoms with E-state index in [0.717, 1.165) is 40.0 Å². The van der Waals surface area contributed by atoms with Crippen molar-refractivity contribution in [3.05, 3.63) is 75.7 Å². The van der Waals surface area contributed by atoms with Crippen molar-refractivity contribution < 1.29 is 0 Å². The third kappa shape index (κ3) is 3.00. The van der Waals surface area contributed by atoms with E-state index in [4.69, 9.17) is 4.99 Å². The molecule has 22 heavy (non-hydrogen) atoms. The van der Waals surface area contributed by atoms with Gasteiger partial charge < -0.3 is 4.98 Å². The van der Waals surface area contributed by atoms with E-state index in [2.05, 4.69) is 77.2 Å².